The standard InChI is InChI=1S/C38H42FN5O5/c1-26-7-5-6-10-32(26)38(23-48-24-38)44-18-15-30(31(21-44)27-8-3-2-4-9-27)35(45)42-19-16-37(47,17-20-42)22-43-25-41-34(33(40)36(43)46)49-29-13-11-28(39)12-14-29/h2-14,25,30-31,47H,15-24,40H2,1H3/t30-,31+/m1/s1. The third-order valence-corrected chi connectivity index (χ3v) is 10.6. The van der Waals surface area contributed by atoms with E-state index in [1.807, 2.05) is 23.1 Å². The summed E-state index contributed by atoms with van der Waals surface area (Å²) < 4.78 is 26.0. The summed E-state index contributed by atoms with van der Waals surface area (Å²) in [6.45, 7) is 5.69. The zero-order chi connectivity index (χ0) is 34.2. The van der Waals surface area contributed by atoms with Crippen molar-refractivity contribution in [2.45, 2.75) is 49.8 Å². The number of aryl methyl sites for hydroxylation is 1. The molecule has 1 aromatic heterocycles. The summed E-state index contributed by atoms with van der Waals surface area (Å²) in [6, 6.07) is 24.1. The predicted molar refractivity (Wildman–Crippen MR) is 183 cm³/mol. The highest BCUT2D eigenvalue weighted by Gasteiger charge is 2.50. The number of likely N-dealkylation sites (tertiary alicyclic amines) is 2. The maximum Gasteiger partial charge on any atom is 0.280 e. The van der Waals surface area contributed by atoms with Gasteiger partial charge in [-0.3, -0.25) is 19.1 Å². The number of amides is 1. The zero-order valence-corrected chi connectivity index (χ0v) is 27.6. The number of aromatic nitrogens is 2. The first-order valence-corrected chi connectivity index (χ1v) is 16.9. The number of benzene rings is 3. The Hall–Kier alpha value is -4.58. The van der Waals surface area contributed by atoms with Crippen molar-refractivity contribution in [2.24, 2.45) is 5.92 Å². The first-order valence-electron chi connectivity index (χ1n) is 16.9. The summed E-state index contributed by atoms with van der Waals surface area (Å²) in [5.41, 5.74) is 7.58. The number of aliphatic hydroxyl groups is 1. The molecule has 2 atom stereocenters. The number of carbonyl (C=O) groups is 1. The van der Waals surface area contributed by atoms with Gasteiger partial charge >= 0.3 is 0 Å². The summed E-state index contributed by atoms with van der Waals surface area (Å²) >= 11 is 0. The molecule has 0 unspecified atom stereocenters. The topological polar surface area (TPSA) is 123 Å². The lowest BCUT2D eigenvalue weighted by molar-refractivity contribution is -0.163. The molecular formula is C38H42FN5O5. The maximum atomic E-state index is 14.3. The number of nitrogens with zero attached hydrogens (tertiary/aromatic N) is 4. The Morgan fingerprint density at radius 1 is 1.02 bits per heavy atom. The van der Waals surface area contributed by atoms with Gasteiger partial charge in [0, 0.05) is 31.5 Å². The lowest BCUT2D eigenvalue weighted by Gasteiger charge is -2.54. The largest absolute Gasteiger partial charge is 0.437 e. The number of halogens is 1. The van der Waals surface area contributed by atoms with Crippen molar-refractivity contribution in [2.75, 3.05) is 45.1 Å². The second-order valence-corrected chi connectivity index (χ2v) is 13.7. The minimum absolute atomic E-state index is 0.00743. The van der Waals surface area contributed by atoms with Crippen LogP contribution in [0.4, 0.5) is 10.1 Å². The van der Waals surface area contributed by atoms with Crippen LogP contribution in [-0.4, -0.2) is 75.4 Å². The van der Waals surface area contributed by atoms with Gasteiger partial charge in [-0.15, -0.1) is 0 Å². The monoisotopic (exact) mass is 667 g/mol. The number of piperidine rings is 2. The van der Waals surface area contributed by atoms with Gasteiger partial charge in [-0.1, -0.05) is 54.6 Å². The number of hydrogen-bond donors (Lipinski definition) is 2. The lowest BCUT2D eigenvalue weighted by Crippen LogP contribution is -2.63. The molecule has 1 amide bonds. The second kappa shape index (κ2) is 13.4. The van der Waals surface area contributed by atoms with Crippen molar-refractivity contribution in [3.63, 3.8) is 0 Å². The van der Waals surface area contributed by atoms with E-state index in [4.69, 9.17) is 15.2 Å². The summed E-state index contributed by atoms with van der Waals surface area (Å²) in [4.78, 5) is 36.0. The van der Waals surface area contributed by atoms with Gasteiger partial charge in [0.05, 0.1) is 30.9 Å². The van der Waals surface area contributed by atoms with E-state index in [1.54, 1.807) is 0 Å². The Balaban J connectivity index is 1.03. The fourth-order valence-electron chi connectivity index (χ4n) is 7.72. The minimum atomic E-state index is -1.22. The molecule has 10 nitrogen and oxygen atoms in total. The van der Waals surface area contributed by atoms with Crippen LogP contribution in [0.15, 0.2) is 90.0 Å². The molecule has 0 spiro atoms. The first-order chi connectivity index (χ1) is 23.7. The van der Waals surface area contributed by atoms with E-state index >= 15 is 0 Å². The fraction of sp³-hybridized carbons (Fsp3) is 0.395. The normalized spacial score (nSPS) is 21.9. The molecule has 3 aliphatic rings. The van der Waals surface area contributed by atoms with E-state index in [2.05, 4.69) is 53.2 Å². The number of nitrogen functional groups attached to an aromatic ring is 1. The molecule has 3 aromatic carbocycles. The van der Waals surface area contributed by atoms with Crippen molar-refractivity contribution < 1.29 is 23.8 Å². The summed E-state index contributed by atoms with van der Waals surface area (Å²) in [5, 5.41) is 11.5. The Kier molecular flexibility index (Phi) is 8.99. The SMILES string of the molecule is Cc1ccccc1C1(N2CC[C@@H](C(=O)N3CCC(O)(Cn4cnc(Oc5ccc(F)cc5)c(N)c4=O)CC3)[C@H](c3ccccc3)C2)COC1. The molecular weight excluding hydrogens is 625 g/mol. The van der Waals surface area contributed by atoms with Gasteiger partial charge in [-0.25, -0.2) is 9.37 Å². The zero-order valence-electron chi connectivity index (χ0n) is 27.6. The van der Waals surface area contributed by atoms with E-state index in [0.717, 1.165) is 25.1 Å². The van der Waals surface area contributed by atoms with Gasteiger partial charge in [0.2, 0.25) is 11.8 Å². The van der Waals surface area contributed by atoms with Crippen molar-refractivity contribution in [3.8, 4) is 11.6 Å². The molecule has 3 aliphatic heterocycles. The van der Waals surface area contributed by atoms with E-state index in [-0.39, 0.29) is 47.1 Å². The quantitative estimate of drug-likeness (QED) is 0.283. The summed E-state index contributed by atoms with van der Waals surface area (Å²) in [6.07, 6.45) is 2.63. The van der Waals surface area contributed by atoms with Crippen molar-refractivity contribution in [1.29, 1.82) is 0 Å². The molecule has 256 valence electrons. The second-order valence-electron chi connectivity index (χ2n) is 13.7. The molecule has 3 fully saturated rings. The van der Waals surface area contributed by atoms with Crippen LogP contribution in [0.2, 0.25) is 0 Å². The van der Waals surface area contributed by atoms with Gasteiger partial charge in [0.15, 0.2) is 5.69 Å². The Morgan fingerprint density at radius 2 is 1.71 bits per heavy atom. The van der Waals surface area contributed by atoms with E-state index in [0.29, 0.717) is 39.1 Å². The highest BCUT2D eigenvalue weighted by Crippen LogP contribution is 2.44. The molecule has 0 bridgehead atoms. The molecule has 3 saturated heterocycles. The molecule has 4 heterocycles. The van der Waals surface area contributed by atoms with Crippen LogP contribution >= 0.6 is 0 Å². The third kappa shape index (κ3) is 6.46. The van der Waals surface area contributed by atoms with Crippen molar-refractivity contribution in [3.05, 3.63) is 118 Å². The number of anilines is 1. The molecule has 11 heteroatoms. The average molecular weight is 668 g/mol. The molecule has 49 heavy (non-hydrogen) atoms. The highest BCUT2D eigenvalue weighted by molar-refractivity contribution is 5.80. The van der Waals surface area contributed by atoms with Gasteiger partial charge < -0.3 is 25.2 Å². The Bertz CT molecular complexity index is 1850. The highest BCUT2D eigenvalue weighted by atomic mass is 19.1. The van der Waals surface area contributed by atoms with Crippen molar-refractivity contribution >= 4 is 11.6 Å². The van der Waals surface area contributed by atoms with E-state index < -0.39 is 17.0 Å². The average Bonchev–Trinajstić information content (AvgIpc) is 3.10. The molecule has 0 aliphatic carbocycles. The number of hydrogen-bond acceptors (Lipinski definition) is 8. The van der Waals surface area contributed by atoms with Crippen LogP contribution in [0.5, 0.6) is 11.6 Å². The van der Waals surface area contributed by atoms with Crippen LogP contribution in [-0.2, 0) is 21.6 Å². The molecule has 0 saturated carbocycles. The minimum Gasteiger partial charge on any atom is -0.437 e. The fourth-order valence-corrected chi connectivity index (χ4v) is 7.72. The maximum absolute atomic E-state index is 14.3. The Morgan fingerprint density at radius 3 is 2.39 bits per heavy atom. The number of nitrogens with two attached hydrogens (primary N) is 1. The molecule has 7 rings (SSSR count). The summed E-state index contributed by atoms with van der Waals surface area (Å²) in [7, 11) is 0. The Labute approximate surface area is 284 Å². The van der Waals surface area contributed by atoms with Crippen LogP contribution in [0.1, 0.15) is 41.9 Å². The molecule has 0 radical (unpaired) electrons. The van der Waals surface area contributed by atoms with Gasteiger partial charge in [-0.05, 0) is 73.7 Å². The van der Waals surface area contributed by atoms with E-state index in [9.17, 15) is 19.1 Å². The lowest BCUT2D eigenvalue weighted by atomic mass is 9.75. The van der Waals surface area contributed by atoms with Crippen LogP contribution < -0.4 is 16.0 Å². The van der Waals surface area contributed by atoms with Crippen molar-refractivity contribution in [1.82, 2.24) is 19.4 Å². The van der Waals surface area contributed by atoms with Gasteiger partial charge in [-0.2, -0.15) is 0 Å². The predicted octanol–water partition coefficient (Wildman–Crippen LogP) is 4.45. The number of rotatable bonds is 8. The van der Waals surface area contributed by atoms with Gasteiger partial charge in [0.1, 0.15) is 17.9 Å². The number of ether oxygens (including phenoxy) is 2. The number of carbonyl (C=O) groups excluding carboxylic acids is 1. The van der Waals surface area contributed by atoms with E-state index in [1.165, 1.54) is 46.3 Å². The first kappa shape index (κ1) is 32.9. The van der Waals surface area contributed by atoms with Crippen LogP contribution in [0.3, 0.4) is 0 Å². The van der Waals surface area contributed by atoms with Gasteiger partial charge in [0.25, 0.3) is 5.56 Å². The summed E-state index contributed by atoms with van der Waals surface area (Å²) in [5.74, 6) is -0.299. The smallest absolute Gasteiger partial charge is 0.280 e. The third-order valence-electron chi connectivity index (χ3n) is 10.6. The van der Waals surface area contributed by atoms with Crippen LogP contribution in [0, 0.1) is 18.7 Å². The molecule has 3 N–H and O–H groups in total. The molecule has 4 aromatic rings. The van der Waals surface area contributed by atoms with Crippen LogP contribution in [0.25, 0.3) is 0 Å².